The van der Waals surface area contributed by atoms with E-state index >= 15 is 0 Å². The van der Waals surface area contributed by atoms with Crippen molar-refractivity contribution in [1.82, 2.24) is 5.32 Å². The molecule has 0 aromatic heterocycles. The highest BCUT2D eigenvalue weighted by atomic mass is 15.0. The smallest absolute Gasteiger partial charge is 0.0688 e. The van der Waals surface area contributed by atoms with Crippen molar-refractivity contribution >= 4 is 0 Å². The average Bonchev–Trinajstić information content (AvgIpc) is 2.45. The summed E-state index contributed by atoms with van der Waals surface area (Å²) in [4.78, 5) is 0. The molecule has 1 heteroatoms. The van der Waals surface area contributed by atoms with Crippen molar-refractivity contribution in [2.75, 3.05) is 0 Å². The quantitative estimate of drug-likeness (QED) is 0.677. The molecule has 1 aliphatic carbocycles. The normalized spacial score (nSPS) is 27.1. The van der Waals surface area contributed by atoms with E-state index in [0.717, 1.165) is 12.8 Å². The molecular formula is C13H23N. The molecule has 0 aromatic carbocycles. The lowest BCUT2D eigenvalue weighted by Gasteiger charge is -2.20. The van der Waals surface area contributed by atoms with Gasteiger partial charge in [0, 0.05) is 6.04 Å². The Kier molecular flexibility index (Phi) is 4.01. The van der Waals surface area contributed by atoms with Crippen LogP contribution < -0.4 is 5.32 Å². The first-order valence-electron chi connectivity index (χ1n) is 5.79. The molecule has 1 aliphatic rings. The first-order valence-corrected chi connectivity index (χ1v) is 5.79. The number of hydrogen-bond donors (Lipinski definition) is 1. The summed E-state index contributed by atoms with van der Waals surface area (Å²) >= 11 is 0. The fraction of sp³-hybridized carbons (Fsp3) is 0.846. The largest absolute Gasteiger partial charge is 0.301 e. The van der Waals surface area contributed by atoms with E-state index in [0.29, 0.717) is 17.5 Å². The van der Waals surface area contributed by atoms with Gasteiger partial charge in [-0.05, 0) is 31.1 Å². The molecule has 0 amide bonds. The zero-order valence-corrected chi connectivity index (χ0v) is 9.77. The third-order valence-electron chi connectivity index (χ3n) is 3.18. The van der Waals surface area contributed by atoms with Crippen molar-refractivity contribution in [3.63, 3.8) is 0 Å². The molecule has 2 unspecified atom stereocenters. The molecule has 0 aromatic rings. The molecule has 1 nitrogen and oxygen atoms in total. The van der Waals surface area contributed by atoms with Crippen LogP contribution in [0.3, 0.4) is 0 Å². The predicted molar refractivity (Wildman–Crippen MR) is 62.1 cm³/mol. The van der Waals surface area contributed by atoms with E-state index in [1.54, 1.807) is 0 Å². The molecular weight excluding hydrogens is 170 g/mol. The topological polar surface area (TPSA) is 12.0 Å². The molecule has 14 heavy (non-hydrogen) atoms. The Labute approximate surface area is 88.7 Å². The van der Waals surface area contributed by atoms with Crippen LogP contribution in [0.15, 0.2) is 0 Å². The van der Waals surface area contributed by atoms with Gasteiger partial charge >= 0.3 is 0 Å². The lowest BCUT2D eigenvalue weighted by Crippen LogP contribution is -2.36. The minimum atomic E-state index is 0.291. The summed E-state index contributed by atoms with van der Waals surface area (Å²) in [5.41, 5.74) is 0.517. The highest BCUT2D eigenvalue weighted by Gasteiger charge is 2.31. The molecule has 1 saturated carbocycles. The number of nitrogens with one attached hydrogen (secondary N) is 1. The highest BCUT2D eigenvalue weighted by Crippen LogP contribution is 2.37. The Morgan fingerprint density at radius 2 is 2.29 bits per heavy atom. The fourth-order valence-electron chi connectivity index (χ4n) is 2.37. The second kappa shape index (κ2) is 4.84. The minimum Gasteiger partial charge on any atom is -0.301 e. The third kappa shape index (κ3) is 3.35. The second-order valence-electron chi connectivity index (χ2n) is 5.28. The number of hydrogen-bond acceptors (Lipinski definition) is 1. The van der Waals surface area contributed by atoms with Crippen LogP contribution in [0.1, 0.15) is 52.9 Å². The van der Waals surface area contributed by atoms with Gasteiger partial charge in [0.2, 0.25) is 0 Å². The number of terminal acetylenes is 1. The Hall–Kier alpha value is -0.480. The van der Waals surface area contributed by atoms with E-state index in [1.807, 2.05) is 0 Å². The second-order valence-corrected chi connectivity index (χ2v) is 5.28. The molecule has 0 saturated heterocycles. The molecule has 0 aliphatic heterocycles. The van der Waals surface area contributed by atoms with Gasteiger partial charge in [0.05, 0.1) is 6.04 Å². The Balaban J connectivity index is 2.35. The van der Waals surface area contributed by atoms with Crippen molar-refractivity contribution in [2.24, 2.45) is 5.41 Å². The summed E-state index contributed by atoms with van der Waals surface area (Å²) in [5, 5.41) is 3.59. The van der Waals surface area contributed by atoms with E-state index in [4.69, 9.17) is 6.42 Å². The van der Waals surface area contributed by atoms with Gasteiger partial charge in [-0.3, -0.25) is 0 Å². The highest BCUT2D eigenvalue weighted by molar-refractivity contribution is 5.01. The molecule has 1 fully saturated rings. The zero-order chi connectivity index (χ0) is 10.6. The molecule has 2 atom stereocenters. The van der Waals surface area contributed by atoms with E-state index < -0.39 is 0 Å². The molecule has 80 valence electrons. The van der Waals surface area contributed by atoms with E-state index in [9.17, 15) is 0 Å². The van der Waals surface area contributed by atoms with Crippen LogP contribution in [0.2, 0.25) is 0 Å². The van der Waals surface area contributed by atoms with Crippen molar-refractivity contribution in [2.45, 2.75) is 65.0 Å². The van der Waals surface area contributed by atoms with Crippen LogP contribution >= 0.6 is 0 Å². The summed E-state index contributed by atoms with van der Waals surface area (Å²) in [5.74, 6) is 2.85. The number of rotatable bonds is 4. The summed E-state index contributed by atoms with van der Waals surface area (Å²) in [7, 11) is 0. The Morgan fingerprint density at radius 3 is 2.71 bits per heavy atom. The Bertz CT molecular complexity index is 212. The Morgan fingerprint density at radius 1 is 1.57 bits per heavy atom. The van der Waals surface area contributed by atoms with Gasteiger partial charge in [0.25, 0.3) is 0 Å². The molecule has 1 N–H and O–H groups in total. The van der Waals surface area contributed by atoms with Crippen molar-refractivity contribution in [3.05, 3.63) is 0 Å². The van der Waals surface area contributed by atoms with Crippen LogP contribution in [-0.2, 0) is 0 Å². The molecule has 1 rings (SSSR count). The van der Waals surface area contributed by atoms with Crippen LogP contribution in [0.5, 0.6) is 0 Å². The molecule has 0 radical (unpaired) electrons. The van der Waals surface area contributed by atoms with Crippen molar-refractivity contribution < 1.29 is 0 Å². The van der Waals surface area contributed by atoms with Crippen molar-refractivity contribution in [3.8, 4) is 12.3 Å². The lowest BCUT2D eigenvalue weighted by atomic mass is 9.92. The van der Waals surface area contributed by atoms with Gasteiger partial charge in [-0.1, -0.05) is 33.1 Å². The first-order chi connectivity index (χ1) is 6.57. The van der Waals surface area contributed by atoms with Gasteiger partial charge in [0.15, 0.2) is 0 Å². The molecule has 0 spiro atoms. The van der Waals surface area contributed by atoms with Crippen LogP contribution in [0, 0.1) is 17.8 Å². The zero-order valence-electron chi connectivity index (χ0n) is 9.77. The fourth-order valence-corrected chi connectivity index (χ4v) is 2.37. The van der Waals surface area contributed by atoms with E-state index in [2.05, 4.69) is 32.0 Å². The monoisotopic (exact) mass is 193 g/mol. The predicted octanol–water partition coefficient (Wildman–Crippen LogP) is 2.96. The molecule has 0 bridgehead atoms. The first kappa shape index (κ1) is 11.6. The van der Waals surface area contributed by atoms with Crippen LogP contribution in [-0.4, -0.2) is 12.1 Å². The van der Waals surface area contributed by atoms with Gasteiger partial charge in [-0.15, -0.1) is 6.42 Å². The van der Waals surface area contributed by atoms with Gasteiger partial charge < -0.3 is 5.32 Å². The van der Waals surface area contributed by atoms with E-state index in [-0.39, 0.29) is 0 Å². The minimum absolute atomic E-state index is 0.291. The summed E-state index contributed by atoms with van der Waals surface area (Å²) in [6.07, 6.45) is 11.6. The van der Waals surface area contributed by atoms with Crippen LogP contribution in [0.25, 0.3) is 0 Å². The van der Waals surface area contributed by atoms with Gasteiger partial charge in [-0.2, -0.15) is 0 Å². The van der Waals surface area contributed by atoms with Gasteiger partial charge in [-0.25, -0.2) is 0 Å². The van der Waals surface area contributed by atoms with E-state index in [1.165, 1.54) is 19.3 Å². The summed E-state index contributed by atoms with van der Waals surface area (Å²) in [6, 6.07) is 0.941. The lowest BCUT2D eigenvalue weighted by molar-refractivity contribution is 0.358. The maximum Gasteiger partial charge on any atom is 0.0688 e. The molecule has 0 heterocycles. The van der Waals surface area contributed by atoms with Gasteiger partial charge in [0.1, 0.15) is 0 Å². The summed E-state index contributed by atoms with van der Waals surface area (Å²) in [6.45, 7) is 6.88. The maximum atomic E-state index is 5.49. The maximum absolute atomic E-state index is 5.49. The summed E-state index contributed by atoms with van der Waals surface area (Å²) < 4.78 is 0. The van der Waals surface area contributed by atoms with Crippen molar-refractivity contribution in [1.29, 1.82) is 0 Å². The standard InChI is InChI=1S/C13H23N/c1-5-7-11(6-2)14-12-8-9-13(3,4)10-12/h2,11-12,14H,5,7-10H2,1,3-4H3. The third-order valence-corrected chi connectivity index (χ3v) is 3.18. The van der Waals surface area contributed by atoms with Crippen LogP contribution in [0.4, 0.5) is 0 Å². The SMILES string of the molecule is C#CC(CCC)NC1CCC(C)(C)C1. The average molecular weight is 193 g/mol.